The van der Waals surface area contributed by atoms with E-state index in [0.717, 1.165) is 25.9 Å². The van der Waals surface area contributed by atoms with Gasteiger partial charge in [-0.15, -0.1) is 0 Å². The molecule has 19 heavy (non-hydrogen) atoms. The van der Waals surface area contributed by atoms with Crippen LogP contribution in [-0.4, -0.2) is 37.5 Å². The molecule has 2 fully saturated rings. The van der Waals surface area contributed by atoms with Crippen LogP contribution in [0.5, 0.6) is 0 Å². The highest BCUT2D eigenvalue weighted by Crippen LogP contribution is 2.34. The first kappa shape index (κ1) is 14.8. The zero-order chi connectivity index (χ0) is 13.6. The monoisotopic (exact) mass is 270 g/mol. The smallest absolute Gasteiger partial charge is 0.340 e. The highest BCUT2D eigenvalue weighted by molar-refractivity contribution is 5.82. The van der Waals surface area contributed by atoms with Crippen LogP contribution in [0, 0.1) is 0 Å². The summed E-state index contributed by atoms with van der Waals surface area (Å²) in [5, 5.41) is 0. The van der Waals surface area contributed by atoms with Gasteiger partial charge in [0.05, 0.1) is 19.3 Å². The number of esters is 1. The lowest BCUT2D eigenvalue weighted by atomic mass is 9.98. The average molecular weight is 270 g/mol. The van der Waals surface area contributed by atoms with Crippen LogP contribution in [0.4, 0.5) is 0 Å². The van der Waals surface area contributed by atoms with Crippen molar-refractivity contribution in [2.24, 2.45) is 0 Å². The third-order valence-electron chi connectivity index (χ3n) is 4.02. The van der Waals surface area contributed by atoms with E-state index in [4.69, 9.17) is 14.2 Å². The van der Waals surface area contributed by atoms with Gasteiger partial charge in [-0.05, 0) is 39.0 Å². The number of ether oxygens (including phenoxy) is 3. The maximum atomic E-state index is 11.7. The average Bonchev–Trinajstić information content (AvgIpc) is 3.21. The molecule has 1 atom stereocenters. The molecule has 1 saturated heterocycles. The Balaban J connectivity index is 1.53. The fourth-order valence-electron chi connectivity index (χ4n) is 2.71. The number of hydrogen-bond acceptors (Lipinski definition) is 4. The molecule has 1 unspecified atom stereocenters. The summed E-state index contributed by atoms with van der Waals surface area (Å²) in [5.74, 6) is -0.191. The maximum absolute atomic E-state index is 11.7. The largest absolute Gasteiger partial charge is 0.464 e. The topological polar surface area (TPSA) is 48.1 Å². The van der Waals surface area contributed by atoms with E-state index >= 15 is 0 Å². The number of epoxide rings is 1. The van der Waals surface area contributed by atoms with Gasteiger partial charge in [0.2, 0.25) is 0 Å². The van der Waals surface area contributed by atoms with Crippen LogP contribution in [0.3, 0.4) is 0 Å². The maximum Gasteiger partial charge on any atom is 0.340 e. The molecule has 0 bridgehead atoms. The number of hydrogen-bond donors (Lipinski definition) is 0. The Morgan fingerprint density at radius 1 is 1.26 bits per heavy atom. The van der Waals surface area contributed by atoms with Crippen LogP contribution < -0.4 is 0 Å². The van der Waals surface area contributed by atoms with Crippen molar-refractivity contribution >= 4 is 5.97 Å². The van der Waals surface area contributed by atoms with Crippen molar-refractivity contribution in [2.75, 3.05) is 19.8 Å². The number of carbonyl (C=O) groups excluding carboxylic acids is 1. The molecule has 0 spiro atoms. The van der Waals surface area contributed by atoms with Gasteiger partial charge in [0, 0.05) is 6.61 Å². The molecule has 1 aliphatic heterocycles. The zero-order valence-electron chi connectivity index (χ0n) is 12.0. The second-order valence-electron chi connectivity index (χ2n) is 5.59. The summed E-state index contributed by atoms with van der Waals surface area (Å²) in [5.41, 5.74) is -0.610. The van der Waals surface area contributed by atoms with Crippen molar-refractivity contribution in [2.45, 2.75) is 70.0 Å². The lowest BCUT2D eigenvalue weighted by molar-refractivity contribution is -0.149. The molecule has 110 valence electrons. The first-order valence-corrected chi connectivity index (χ1v) is 7.69. The Morgan fingerprint density at radius 2 is 2.00 bits per heavy atom. The van der Waals surface area contributed by atoms with E-state index in [1.54, 1.807) is 0 Å². The number of carbonyl (C=O) groups is 1. The van der Waals surface area contributed by atoms with Gasteiger partial charge in [-0.25, -0.2) is 4.79 Å². The van der Waals surface area contributed by atoms with E-state index in [2.05, 4.69) is 0 Å². The summed E-state index contributed by atoms with van der Waals surface area (Å²) in [6.45, 7) is 3.58. The Labute approximate surface area is 115 Å². The van der Waals surface area contributed by atoms with E-state index in [1.165, 1.54) is 32.1 Å². The number of unbranched alkanes of at least 4 members (excludes halogenated alkanes) is 1. The Bertz CT molecular complexity index is 280. The minimum absolute atomic E-state index is 0.191. The fourth-order valence-corrected chi connectivity index (χ4v) is 2.71. The van der Waals surface area contributed by atoms with Crippen molar-refractivity contribution in [1.82, 2.24) is 0 Å². The highest BCUT2D eigenvalue weighted by atomic mass is 16.6. The van der Waals surface area contributed by atoms with Crippen LogP contribution in [0.15, 0.2) is 0 Å². The molecule has 0 aromatic carbocycles. The molecule has 1 heterocycles. The van der Waals surface area contributed by atoms with Gasteiger partial charge in [-0.3, -0.25) is 0 Å². The molecule has 0 radical (unpaired) electrons. The first-order valence-electron chi connectivity index (χ1n) is 7.69. The zero-order valence-corrected chi connectivity index (χ0v) is 12.0. The van der Waals surface area contributed by atoms with Gasteiger partial charge < -0.3 is 14.2 Å². The van der Waals surface area contributed by atoms with E-state index in [0.29, 0.717) is 19.3 Å². The van der Waals surface area contributed by atoms with Gasteiger partial charge in [0.1, 0.15) is 0 Å². The van der Waals surface area contributed by atoms with Gasteiger partial charge in [-0.1, -0.05) is 19.3 Å². The molecule has 2 rings (SSSR count). The van der Waals surface area contributed by atoms with Gasteiger partial charge in [-0.2, -0.15) is 0 Å². The van der Waals surface area contributed by atoms with Crippen molar-refractivity contribution in [3.63, 3.8) is 0 Å². The molecular formula is C15H26O4. The second-order valence-corrected chi connectivity index (χ2v) is 5.59. The molecular weight excluding hydrogens is 244 g/mol. The molecule has 0 aromatic rings. The van der Waals surface area contributed by atoms with Crippen LogP contribution in [0.2, 0.25) is 0 Å². The molecule has 2 aliphatic rings. The third-order valence-corrected chi connectivity index (χ3v) is 4.02. The minimum atomic E-state index is -0.610. The van der Waals surface area contributed by atoms with Gasteiger partial charge in [0.15, 0.2) is 5.60 Å². The first-order chi connectivity index (χ1) is 9.27. The minimum Gasteiger partial charge on any atom is -0.464 e. The summed E-state index contributed by atoms with van der Waals surface area (Å²) < 4.78 is 16.2. The predicted octanol–water partition coefficient (Wildman–Crippen LogP) is 2.84. The van der Waals surface area contributed by atoms with Crippen LogP contribution in [0.25, 0.3) is 0 Å². The van der Waals surface area contributed by atoms with Crippen molar-refractivity contribution in [3.05, 3.63) is 0 Å². The predicted molar refractivity (Wildman–Crippen MR) is 72.0 cm³/mol. The van der Waals surface area contributed by atoms with Crippen molar-refractivity contribution in [1.29, 1.82) is 0 Å². The quantitative estimate of drug-likeness (QED) is 0.386. The SMILES string of the molecule is CCOC(=O)C1(CCCCOC2CCCCC2)CO1. The summed E-state index contributed by atoms with van der Waals surface area (Å²) in [6, 6.07) is 0. The summed E-state index contributed by atoms with van der Waals surface area (Å²) >= 11 is 0. The van der Waals surface area contributed by atoms with Gasteiger partial charge in [0.25, 0.3) is 0 Å². The Morgan fingerprint density at radius 3 is 2.63 bits per heavy atom. The normalized spacial score (nSPS) is 27.2. The van der Waals surface area contributed by atoms with Crippen LogP contribution >= 0.6 is 0 Å². The highest BCUT2D eigenvalue weighted by Gasteiger charge is 2.52. The van der Waals surface area contributed by atoms with E-state index in [9.17, 15) is 4.79 Å². The van der Waals surface area contributed by atoms with E-state index in [1.807, 2.05) is 6.92 Å². The third kappa shape index (κ3) is 4.46. The lowest BCUT2D eigenvalue weighted by Crippen LogP contribution is -2.27. The second kappa shape index (κ2) is 7.25. The fraction of sp³-hybridized carbons (Fsp3) is 0.933. The molecule has 0 amide bonds. The van der Waals surface area contributed by atoms with Crippen molar-refractivity contribution in [3.8, 4) is 0 Å². The van der Waals surface area contributed by atoms with Crippen molar-refractivity contribution < 1.29 is 19.0 Å². The molecule has 1 aliphatic carbocycles. The Hall–Kier alpha value is -0.610. The molecule has 0 aromatic heterocycles. The van der Waals surface area contributed by atoms with Gasteiger partial charge >= 0.3 is 5.97 Å². The summed E-state index contributed by atoms with van der Waals surface area (Å²) in [6.07, 6.45) is 9.62. The van der Waals surface area contributed by atoms with E-state index < -0.39 is 5.60 Å². The van der Waals surface area contributed by atoms with Crippen LogP contribution in [-0.2, 0) is 19.0 Å². The number of rotatable bonds is 8. The lowest BCUT2D eigenvalue weighted by Gasteiger charge is -2.22. The van der Waals surface area contributed by atoms with Crippen LogP contribution in [0.1, 0.15) is 58.3 Å². The standard InChI is InChI=1S/C15H26O4/c1-2-17-14(16)15(12-19-15)10-6-7-11-18-13-8-4-3-5-9-13/h13H,2-12H2,1H3. The molecule has 4 heteroatoms. The molecule has 1 saturated carbocycles. The summed E-state index contributed by atoms with van der Waals surface area (Å²) in [7, 11) is 0. The Kier molecular flexibility index (Phi) is 5.64. The molecule has 0 N–H and O–H groups in total. The van der Waals surface area contributed by atoms with E-state index in [-0.39, 0.29) is 5.97 Å². The summed E-state index contributed by atoms with van der Waals surface area (Å²) in [4.78, 5) is 11.7. The molecule has 4 nitrogen and oxygen atoms in total.